The smallest absolute Gasteiger partial charge is 0.267 e. The highest BCUT2D eigenvalue weighted by Gasteiger charge is 2.23. The number of hydrogen-bond acceptors (Lipinski definition) is 7. The Morgan fingerprint density at radius 2 is 1.89 bits per heavy atom. The van der Waals surface area contributed by atoms with E-state index in [0.29, 0.717) is 16.4 Å². The normalized spacial score (nSPS) is 11.1. The topological polar surface area (TPSA) is 148 Å². The third kappa shape index (κ3) is 7.68. The van der Waals surface area contributed by atoms with Crippen molar-refractivity contribution in [1.29, 1.82) is 0 Å². The molecule has 1 aromatic carbocycles. The molecule has 0 aliphatic carbocycles. The Morgan fingerprint density at radius 1 is 1.14 bits per heavy atom. The minimum absolute atomic E-state index is 0.0381. The average molecular weight is 696 g/mol. The van der Waals surface area contributed by atoms with Gasteiger partial charge in [0.15, 0.2) is 0 Å². The number of aromatic nitrogens is 1. The molecule has 2 heterocycles. The van der Waals surface area contributed by atoms with Gasteiger partial charge in [0.25, 0.3) is 11.8 Å². The third-order valence-corrected chi connectivity index (χ3v) is 7.27. The summed E-state index contributed by atoms with van der Waals surface area (Å²) in [5, 5.41) is 7.80. The molecule has 3 aromatic rings. The predicted molar refractivity (Wildman–Crippen MR) is 155 cm³/mol. The molecule has 10 nitrogen and oxygen atoms in total. The molecule has 0 saturated heterocycles. The van der Waals surface area contributed by atoms with Crippen LogP contribution in [0.1, 0.15) is 32.0 Å². The number of thiophene rings is 1. The number of ether oxygens (including phenoxy) is 1. The van der Waals surface area contributed by atoms with Gasteiger partial charge in [-0.1, -0.05) is 34.8 Å². The molecule has 0 bridgehead atoms. The van der Waals surface area contributed by atoms with Crippen molar-refractivity contribution in [3.63, 3.8) is 0 Å². The van der Waals surface area contributed by atoms with Crippen molar-refractivity contribution in [1.82, 2.24) is 8.51 Å². The van der Waals surface area contributed by atoms with E-state index in [2.05, 4.69) is 24.1 Å². The number of primary amides is 1. The van der Waals surface area contributed by atoms with Crippen LogP contribution in [0, 0.1) is 0 Å². The highest BCUT2D eigenvalue weighted by molar-refractivity contribution is 14.1. The lowest BCUT2D eigenvalue weighted by molar-refractivity contribution is -0.116. The van der Waals surface area contributed by atoms with Gasteiger partial charge in [-0.15, -0.1) is 11.3 Å². The number of nitrogens with one attached hydrogen (secondary N) is 3. The fraction of sp³-hybridized carbons (Fsp3) is 0.136. The van der Waals surface area contributed by atoms with E-state index >= 15 is 0 Å². The van der Waals surface area contributed by atoms with Crippen LogP contribution in [0.25, 0.3) is 0 Å². The Hall–Kier alpha value is -2.65. The summed E-state index contributed by atoms with van der Waals surface area (Å²) in [7, 11) is 1.38. The van der Waals surface area contributed by atoms with Gasteiger partial charge in [0.1, 0.15) is 22.3 Å². The van der Waals surface area contributed by atoms with Crippen molar-refractivity contribution in [2.45, 2.75) is 13.0 Å². The summed E-state index contributed by atoms with van der Waals surface area (Å²) >= 11 is 21.4. The van der Waals surface area contributed by atoms with Crippen LogP contribution >= 0.6 is 69.0 Å². The van der Waals surface area contributed by atoms with Crippen LogP contribution < -0.4 is 24.6 Å². The van der Waals surface area contributed by atoms with Crippen LogP contribution in [0.15, 0.2) is 40.8 Å². The van der Waals surface area contributed by atoms with Gasteiger partial charge in [-0.3, -0.25) is 19.4 Å². The Kier molecular flexibility index (Phi) is 10.3. The molecule has 5 N–H and O–H groups in total. The number of amidine groups is 1. The standard InChI is InChI=1S/C22H18Cl3IN6O4S/c1-36-14-5-12(24)4-13(21(34)30-16-3-2-11(23)8-29-16)19(14)31-22(35)20-18(25)10(9-37-20)7-28-17(32-26)6-15(27)33/h2-5,8-9H,6-7H2,1H3,(H2,27,33)(H,28,32)(H,31,35)(H,29,30,34). The van der Waals surface area contributed by atoms with Crippen LogP contribution in [0.4, 0.5) is 11.5 Å². The zero-order valence-corrected chi connectivity index (χ0v) is 24.1. The van der Waals surface area contributed by atoms with E-state index in [1.807, 2.05) is 22.9 Å². The molecule has 0 aliphatic rings. The molecule has 0 saturated carbocycles. The molecule has 194 valence electrons. The third-order valence-electron chi connectivity index (χ3n) is 4.64. The Balaban J connectivity index is 1.87. The molecule has 15 heteroatoms. The lowest BCUT2D eigenvalue weighted by Crippen LogP contribution is -2.22. The van der Waals surface area contributed by atoms with Crippen LogP contribution in [0.5, 0.6) is 5.75 Å². The summed E-state index contributed by atoms with van der Waals surface area (Å²) in [6.45, 7) is 0.118. The molecule has 2 aromatic heterocycles. The Morgan fingerprint density at radius 3 is 2.51 bits per heavy atom. The van der Waals surface area contributed by atoms with Crippen molar-refractivity contribution >= 4 is 104 Å². The van der Waals surface area contributed by atoms with Crippen LogP contribution in [0.2, 0.25) is 15.1 Å². The average Bonchev–Trinajstić information content (AvgIpc) is 3.23. The van der Waals surface area contributed by atoms with E-state index in [4.69, 9.17) is 45.3 Å². The summed E-state index contributed by atoms with van der Waals surface area (Å²) in [5.41, 5.74) is 5.90. The minimum Gasteiger partial charge on any atom is -0.494 e. The van der Waals surface area contributed by atoms with Crippen LogP contribution in [0.3, 0.4) is 0 Å². The number of hydrogen-bond donors (Lipinski definition) is 4. The van der Waals surface area contributed by atoms with Crippen molar-refractivity contribution in [3.05, 3.63) is 66.9 Å². The SMILES string of the molecule is COc1cc(Cl)cc(C(=O)Nc2ccc(Cl)cn2)c1NC(=O)c1scc(CN=C(CC(N)=O)NI)c1Cl. The number of amides is 3. The number of halogens is 4. The highest BCUT2D eigenvalue weighted by Crippen LogP contribution is 2.35. The van der Waals surface area contributed by atoms with Gasteiger partial charge in [0.05, 0.1) is 64.2 Å². The number of carbonyl (C=O) groups excluding carboxylic acids is 3. The first-order valence-electron chi connectivity index (χ1n) is 10.2. The fourth-order valence-corrected chi connectivity index (χ4v) is 4.88. The molecule has 0 atom stereocenters. The van der Waals surface area contributed by atoms with Crippen LogP contribution in [-0.4, -0.2) is 35.7 Å². The molecular weight excluding hydrogens is 678 g/mol. The van der Waals surface area contributed by atoms with Gasteiger partial charge in [-0.25, -0.2) is 4.98 Å². The van der Waals surface area contributed by atoms with E-state index in [-0.39, 0.29) is 50.7 Å². The second kappa shape index (κ2) is 13.2. The number of rotatable bonds is 9. The zero-order chi connectivity index (χ0) is 27.1. The van der Waals surface area contributed by atoms with Crippen LogP contribution in [-0.2, 0) is 11.3 Å². The molecule has 0 unspecified atom stereocenters. The number of nitrogens with two attached hydrogens (primary N) is 1. The number of nitrogens with zero attached hydrogens (tertiary/aromatic N) is 2. The molecule has 37 heavy (non-hydrogen) atoms. The molecule has 0 aliphatic heterocycles. The summed E-state index contributed by atoms with van der Waals surface area (Å²) in [4.78, 5) is 45.9. The first-order chi connectivity index (χ1) is 17.6. The maximum absolute atomic E-state index is 13.2. The summed E-state index contributed by atoms with van der Waals surface area (Å²) in [6, 6.07) is 5.94. The summed E-state index contributed by atoms with van der Waals surface area (Å²) in [6.07, 6.45) is 1.32. The molecule has 0 radical (unpaired) electrons. The van der Waals surface area contributed by atoms with Crippen molar-refractivity contribution < 1.29 is 19.1 Å². The molecular formula is C22H18Cl3IN6O4S. The predicted octanol–water partition coefficient (Wildman–Crippen LogP) is 5.33. The van der Waals surface area contributed by atoms with E-state index in [1.165, 1.54) is 31.5 Å². The number of anilines is 2. The number of pyridine rings is 1. The van der Waals surface area contributed by atoms with E-state index in [9.17, 15) is 14.4 Å². The van der Waals surface area contributed by atoms with Gasteiger partial charge in [-0.05, 0) is 23.6 Å². The molecule has 0 spiro atoms. The zero-order valence-electron chi connectivity index (χ0n) is 18.9. The van der Waals surface area contributed by atoms with Gasteiger partial charge in [0, 0.05) is 22.8 Å². The quantitative estimate of drug-likeness (QED) is 0.103. The monoisotopic (exact) mass is 694 g/mol. The van der Waals surface area contributed by atoms with E-state index < -0.39 is 17.7 Å². The first kappa shape index (κ1) is 28.9. The first-order valence-corrected chi connectivity index (χ1v) is 13.3. The lowest BCUT2D eigenvalue weighted by Gasteiger charge is -2.15. The van der Waals surface area contributed by atoms with Crippen molar-refractivity contribution in [2.24, 2.45) is 10.7 Å². The number of methoxy groups -OCH3 is 1. The summed E-state index contributed by atoms with van der Waals surface area (Å²) < 4.78 is 8.13. The maximum Gasteiger partial charge on any atom is 0.267 e. The molecule has 3 rings (SSSR count). The Labute approximate surface area is 244 Å². The number of benzene rings is 1. The lowest BCUT2D eigenvalue weighted by atomic mass is 10.1. The molecule has 0 fully saturated rings. The summed E-state index contributed by atoms with van der Waals surface area (Å²) in [5.74, 6) is -0.924. The van der Waals surface area contributed by atoms with E-state index in [0.717, 1.165) is 11.3 Å². The van der Waals surface area contributed by atoms with E-state index in [1.54, 1.807) is 11.4 Å². The van der Waals surface area contributed by atoms with Crippen molar-refractivity contribution in [2.75, 3.05) is 17.7 Å². The fourth-order valence-electron chi connectivity index (χ4n) is 2.96. The molecule has 3 amide bonds. The van der Waals surface area contributed by atoms with Gasteiger partial charge < -0.3 is 24.6 Å². The maximum atomic E-state index is 13.2. The minimum atomic E-state index is -0.591. The second-order valence-corrected chi connectivity index (χ2v) is 9.87. The van der Waals surface area contributed by atoms with Gasteiger partial charge in [-0.2, -0.15) is 0 Å². The number of carbonyl (C=O) groups is 3. The second-order valence-electron chi connectivity index (χ2n) is 7.21. The van der Waals surface area contributed by atoms with Gasteiger partial charge in [0.2, 0.25) is 5.91 Å². The number of aliphatic imine (C=N–C) groups is 1. The highest BCUT2D eigenvalue weighted by atomic mass is 127. The Bertz CT molecular complexity index is 1370. The largest absolute Gasteiger partial charge is 0.494 e. The van der Waals surface area contributed by atoms with Gasteiger partial charge >= 0.3 is 0 Å². The van der Waals surface area contributed by atoms with Crippen molar-refractivity contribution in [3.8, 4) is 5.75 Å².